The van der Waals surface area contributed by atoms with E-state index in [1.54, 1.807) is 31.2 Å². The molecule has 1 atom stereocenters. The van der Waals surface area contributed by atoms with Gasteiger partial charge in [0.2, 0.25) is 5.91 Å². The molecule has 1 unspecified atom stereocenters. The monoisotopic (exact) mass is 488 g/mol. The smallest absolute Gasteiger partial charge is 0.338 e. The fraction of sp³-hybridized carbons (Fsp3) is 0.227. The normalized spacial score (nSPS) is 15.4. The second-order valence-corrected chi connectivity index (χ2v) is 7.87. The van der Waals surface area contributed by atoms with E-state index in [0.717, 1.165) is 0 Å². The van der Waals surface area contributed by atoms with Gasteiger partial charge >= 0.3 is 5.97 Å². The summed E-state index contributed by atoms with van der Waals surface area (Å²) in [6.45, 7) is 1.97. The number of carbonyl (C=O) groups is 4. The number of hydrazine groups is 1. The lowest BCUT2D eigenvalue weighted by molar-refractivity contribution is -0.130. The Bertz CT molecular complexity index is 1090. The van der Waals surface area contributed by atoms with E-state index in [9.17, 15) is 19.2 Å². The van der Waals surface area contributed by atoms with Gasteiger partial charge in [-0.05, 0) is 67.7 Å². The molecule has 33 heavy (non-hydrogen) atoms. The molecule has 2 aromatic rings. The number of thiocarbonyl (C=S) groups is 1. The van der Waals surface area contributed by atoms with Gasteiger partial charge in [-0.25, -0.2) is 9.80 Å². The Balaban J connectivity index is 1.67. The van der Waals surface area contributed by atoms with E-state index in [-0.39, 0.29) is 18.1 Å². The topological polar surface area (TPSA) is 108 Å². The van der Waals surface area contributed by atoms with Crippen molar-refractivity contribution in [1.82, 2.24) is 15.3 Å². The van der Waals surface area contributed by atoms with Crippen LogP contribution in [0.2, 0.25) is 5.02 Å². The van der Waals surface area contributed by atoms with Crippen LogP contribution in [0.5, 0.6) is 0 Å². The number of nitrogens with one attached hydrogen (secondary N) is 2. The number of hydrogen-bond acceptors (Lipinski definition) is 6. The summed E-state index contributed by atoms with van der Waals surface area (Å²) in [6, 6.07) is 11.3. The molecule has 0 saturated carbocycles. The van der Waals surface area contributed by atoms with Crippen molar-refractivity contribution in [1.29, 1.82) is 0 Å². The highest BCUT2D eigenvalue weighted by molar-refractivity contribution is 7.80. The number of carbonyl (C=O) groups excluding carboxylic acids is 4. The average molecular weight is 489 g/mol. The van der Waals surface area contributed by atoms with Crippen LogP contribution in [0.1, 0.15) is 34.1 Å². The van der Waals surface area contributed by atoms with Crippen LogP contribution in [0.25, 0.3) is 0 Å². The minimum atomic E-state index is -1.02. The Morgan fingerprint density at radius 2 is 1.67 bits per heavy atom. The number of hydrogen-bond donors (Lipinski definition) is 2. The first kappa shape index (κ1) is 24.1. The maximum Gasteiger partial charge on any atom is 0.338 e. The van der Waals surface area contributed by atoms with E-state index in [0.29, 0.717) is 21.8 Å². The van der Waals surface area contributed by atoms with Crippen LogP contribution in [0, 0.1) is 0 Å². The van der Waals surface area contributed by atoms with Crippen LogP contribution in [-0.2, 0) is 14.3 Å². The largest absolute Gasteiger partial charge is 0.462 e. The van der Waals surface area contributed by atoms with E-state index >= 15 is 0 Å². The van der Waals surface area contributed by atoms with E-state index in [4.69, 9.17) is 28.6 Å². The number of likely N-dealkylation sites (N-methyl/N-ethyl adjacent to an activating group) is 1. The third-order valence-corrected chi connectivity index (χ3v) is 5.53. The summed E-state index contributed by atoms with van der Waals surface area (Å²) in [4.78, 5) is 50.8. The predicted molar refractivity (Wildman–Crippen MR) is 126 cm³/mol. The summed E-state index contributed by atoms with van der Waals surface area (Å²) in [7, 11) is 1.47. The Morgan fingerprint density at radius 3 is 2.27 bits per heavy atom. The molecule has 0 spiro atoms. The minimum Gasteiger partial charge on any atom is -0.462 e. The third-order valence-electron chi connectivity index (χ3n) is 4.81. The molecule has 0 bridgehead atoms. The second kappa shape index (κ2) is 10.4. The van der Waals surface area contributed by atoms with Crippen molar-refractivity contribution in [3.8, 4) is 0 Å². The SMILES string of the molecule is CCOC(=O)c1ccc(NC(=O)CC2C(=O)N(C)C(=S)N2NC(=O)c2ccc(Cl)cc2)cc1. The summed E-state index contributed by atoms with van der Waals surface area (Å²) in [6.07, 6.45) is -0.260. The molecule has 0 aromatic heterocycles. The molecular formula is C22H21ClN4O5S. The average Bonchev–Trinajstić information content (AvgIpc) is 2.98. The maximum absolute atomic E-state index is 12.7. The number of nitrogens with zero attached hydrogens (tertiary/aromatic N) is 2. The molecule has 1 aliphatic rings. The first-order valence-electron chi connectivity index (χ1n) is 9.95. The Kier molecular flexibility index (Phi) is 7.62. The van der Waals surface area contributed by atoms with Gasteiger partial charge in [0.25, 0.3) is 11.8 Å². The van der Waals surface area contributed by atoms with Gasteiger partial charge in [-0.3, -0.25) is 24.7 Å². The van der Waals surface area contributed by atoms with Gasteiger partial charge in [0.05, 0.1) is 18.6 Å². The van der Waals surface area contributed by atoms with Crippen molar-refractivity contribution >= 4 is 58.3 Å². The zero-order valence-electron chi connectivity index (χ0n) is 17.8. The van der Waals surface area contributed by atoms with Crippen molar-refractivity contribution in [2.75, 3.05) is 19.0 Å². The van der Waals surface area contributed by atoms with Gasteiger partial charge in [0.1, 0.15) is 6.04 Å². The minimum absolute atomic E-state index is 0.0684. The number of rotatable bonds is 7. The van der Waals surface area contributed by atoms with Crippen LogP contribution in [-0.4, -0.2) is 58.4 Å². The van der Waals surface area contributed by atoms with Crippen molar-refractivity contribution < 1.29 is 23.9 Å². The maximum atomic E-state index is 12.7. The summed E-state index contributed by atoms with van der Waals surface area (Å²) in [5.41, 5.74) is 3.69. The van der Waals surface area contributed by atoms with Crippen LogP contribution in [0.15, 0.2) is 48.5 Å². The lowest BCUT2D eigenvalue weighted by Gasteiger charge is -2.24. The first-order chi connectivity index (χ1) is 15.7. The molecule has 1 heterocycles. The highest BCUT2D eigenvalue weighted by Gasteiger charge is 2.42. The summed E-state index contributed by atoms with van der Waals surface area (Å²) < 4.78 is 4.92. The predicted octanol–water partition coefficient (Wildman–Crippen LogP) is 2.62. The fourth-order valence-electron chi connectivity index (χ4n) is 3.09. The fourth-order valence-corrected chi connectivity index (χ4v) is 3.48. The number of esters is 1. The van der Waals surface area contributed by atoms with Crippen molar-refractivity contribution in [3.05, 3.63) is 64.7 Å². The lowest BCUT2D eigenvalue weighted by atomic mass is 10.1. The van der Waals surface area contributed by atoms with Crippen LogP contribution in [0.3, 0.4) is 0 Å². The lowest BCUT2D eigenvalue weighted by Crippen LogP contribution is -2.49. The van der Waals surface area contributed by atoms with E-state index in [2.05, 4.69) is 10.7 Å². The van der Waals surface area contributed by atoms with Crippen molar-refractivity contribution in [2.24, 2.45) is 0 Å². The van der Waals surface area contributed by atoms with Crippen molar-refractivity contribution in [2.45, 2.75) is 19.4 Å². The van der Waals surface area contributed by atoms with Gasteiger partial charge in [0.15, 0.2) is 5.11 Å². The zero-order chi connectivity index (χ0) is 24.1. The van der Waals surface area contributed by atoms with Crippen LogP contribution >= 0.6 is 23.8 Å². The molecule has 2 aromatic carbocycles. The van der Waals surface area contributed by atoms with Gasteiger partial charge in [-0.1, -0.05) is 11.6 Å². The standard InChI is InChI=1S/C22H21ClN4O5S/c1-3-32-21(31)14-6-10-16(11-7-14)24-18(28)12-17-20(30)26(2)22(33)27(17)25-19(29)13-4-8-15(23)9-5-13/h4-11,17H,3,12H2,1-2H3,(H,24,28)(H,25,29). The third kappa shape index (κ3) is 5.65. The molecule has 3 rings (SSSR count). The number of ether oxygens (including phenoxy) is 1. The Hall–Kier alpha value is -3.50. The molecule has 3 amide bonds. The second-order valence-electron chi connectivity index (χ2n) is 7.06. The van der Waals surface area contributed by atoms with E-state index in [1.165, 1.54) is 41.2 Å². The quantitative estimate of drug-likeness (QED) is 0.455. The molecule has 172 valence electrons. The molecule has 0 aliphatic carbocycles. The number of amides is 3. The summed E-state index contributed by atoms with van der Waals surface area (Å²) in [5, 5.41) is 4.42. The van der Waals surface area contributed by atoms with E-state index < -0.39 is 29.7 Å². The van der Waals surface area contributed by atoms with E-state index in [1.807, 2.05) is 0 Å². The first-order valence-corrected chi connectivity index (χ1v) is 10.7. The van der Waals surface area contributed by atoms with Crippen molar-refractivity contribution in [3.63, 3.8) is 0 Å². The molecule has 1 aliphatic heterocycles. The van der Waals surface area contributed by atoms with Crippen LogP contribution < -0.4 is 10.7 Å². The number of benzene rings is 2. The number of halogens is 1. The van der Waals surface area contributed by atoms with Gasteiger partial charge in [-0.15, -0.1) is 0 Å². The molecule has 0 radical (unpaired) electrons. The van der Waals surface area contributed by atoms with Gasteiger partial charge in [-0.2, -0.15) is 0 Å². The molecule has 1 fully saturated rings. The summed E-state index contributed by atoms with van der Waals surface area (Å²) in [5.74, 6) is -1.86. The van der Waals surface area contributed by atoms with Gasteiger partial charge < -0.3 is 10.1 Å². The zero-order valence-corrected chi connectivity index (χ0v) is 19.4. The molecule has 11 heteroatoms. The Labute approximate surface area is 200 Å². The number of anilines is 1. The molecular weight excluding hydrogens is 468 g/mol. The molecule has 9 nitrogen and oxygen atoms in total. The van der Waals surface area contributed by atoms with Gasteiger partial charge in [0, 0.05) is 23.3 Å². The highest BCUT2D eigenvalue weighted by Crippen LogP contribution is 2.19. The summed E-state index contributed by atoms with van der Waals surface area (Å²) >= 11 is 11.1. The molecule has 2 N–H and O–H groups in total. The van der Waals surface area contributed by atoms with Crippen LogP contribution in [0.4, 0.5) is 5.69 Å². The molecule has 1 saturated heterocycles. The highest BCUT2D eigenvalue weighted by atomic mass is 35.5. The Morgan fingerprint density at radius 1 is 1.06 bits per heavy atom.